The number of carbonyl (C=O) groups excluding carboxylic acids is 2. The van der Waals surface area contributed by atoms with Crippen molar-refractivity contribution in [2.45, 2.75) is 83.3 Å². The van der Waals surface area contributed by atoms with E-state index >= 15 is 0 Å². The van der Waals surface area contributed by atoms with Gasteiger partial charge in [0.1, 0.15) is 6.61 Å². The topological polar surface area (TPSA) is 95.9 Å². The molecule has 0 saturated heterocycles. The number of hydrogen-bond donors (Lipinski definition) is 2. The van der Waals surface area contributed by atoms with Crippen molar-refractivity contribution in [3.05, 3.63) is 82.6 Å². The first-order chi connectivity index (χ1) is 18.4. The average molecular weight is 519 g/mol. The van der Waals surface area contributed by atoms with Crippen molar-refractivity contribution in [3.63, 3.8) is 0 Å². The molecule has 0 aromatic heterocycles. The molecule has 2 aliphatic rings. The van der Waals surface area contributed by atoms with Gasteiger partial charge in [-0.1, -0.05) is 80.3 Å². The van der Waals surface area contributed by atoms with E-state index in [9.17, 15) is 14.4 Å². The second-order valence-electron chi connectivity index (χ2n) is 10.3. The van der Waals surface area contributed by atoms with Crippen molar-refractivity contribution in [3.8, 4) is 0 Å². The molecule has 2 N–H and O–H groups in total. The van der Waals surface area contributed by atoms with Gasteiger partial charge in [0.15, 0.2) is 0 Å². The summed E-state index contributed by atoms with van der Waals surface area (Å²) in [5, 5.41) is 11.9. The molecule has 0 radical (unpaired) electrons. The van der Waals surface area contributed by atoms with Crippen LogP contribution in [0.2, 0.25) is 0 Å². The molecule has 1 fully saturated rings. The summed E-state index contributed by atoms with van der Waals surface area (Å²) in [6, 6.07) is 17.0. The number of esters is 1. The Morgan fingerprint density at radius 1 is 0.947 bits per heavy atom. The lowest BCUT2D eigenvalue weighted by Crippen LogP contribution is -2.48. The first-order valence-electron chi connectivity index (χ1n) is 13.8. The van der Waals surface area contributed by atoms with Crippen LogP contribution in [0.25, 0.3) is 0 Å². The fraction of sp³-hybridized carbons (Fsp3) is 0.452. The first kappa shape index (κ1) is 27.4. The van der Waals surface area contributed by atoms with Crippen LogP contribution in [-0.4, -0.2) is 34.5 Å². The van der Waals surface area contributed by atoms with Gasteiger partial charge in [0.05, 0.1) is 11.6 Å². The Bertz CT molecular complexity index is 1140. The molecule has 0 spiro atoms. The lowest BCUT2D eigenvalue weighted by molar-refractivity contribution is -0.141. The van der Waals surface area contributed by atoms with Crippen LogP contribution in [-0.2, 0) is 20.9 Å². The summed E-state index contributed by atoms with van der Waals surface area (Å²) in [6.45, 7) is 2.34. The lowest BCUT2D eigenvalue weighted by Gasteiger charge is -2.35. The number of ether oxygens (including phenoxy) is 1. The lowest BCUT2D eigenvalue weighted by atomic mass is 9.83. The predicted octanol–water partition coefficient (Wildman–Crippen LogP) is 6.46. The fourth-order valence-electron chi connectivity index (χ4n) is 5.49. The largest absolute Gasteiger partial charge is 0.481 e. The number of carbonyl (C=O) groups is 3. The molecule has 4 rings (SSSR count). The molecule has 1 aliphatic carbocycles. The summed E-state index contributed by atoms with van der Waals surface area (Å²) in [6.07, 6.45) is 8.22. The normalized spacial score (nSPS) is 18.3. The summed E-state index contributed by atoms with van der Waals surface area (Å²) in [5.41, 5.74) is 4.06. The number of carboxylic acids is 1. The van der Waals surface area contributed by atoms with Crippen LogP contribution in [0.5, 0.6) is 0 Å². The van der Waals surface area contributed by atoms with E-state index in [1.807, 2.05) is 42.5 Å². The molecule has 1 aliphatic heterocycles. The molecule has 2 aromatic rings. The molecule has 1 unspecified atom stereocenters. The van der Waals surface area contributed by atoms with Crippen LogP contribution in [0.4, 0.5) is 4.79 Å². The number of nitrogens with one attached hydrogen (secondary N) is 1. The van der Waals surface area contributed by atoms with E-state index in [2.05, 4.69) is 17.4 Å². The number of carboxylic acid groups (broad SMARTS) is 1. The maximum atomic E-state index is 13.5. The van der Waals surface area contributed by atoms with Gasteiger partial charge in [-0.3, -0.25) is 9.69 Å². The van der Waals surface area contributed by atoms with Crippen LogP contribution in [0.3, 0.4) is 0 Å². The van der Waals surface area contributed by atoms with Crippen molar-refractivity contribution in [1.29, 1.82) is 0 Å². The Morgan fingerprint density at radius 3 is 2.32 bits per heavy atom. The van der Waals surface area contributed by atoms with Crippen molar-refractivity contribution < 1.29 is 24.2 Å². The number of rotatable bonds is 11. The van der Waals surface area contributed by atoms with Gasteiger partial charge in [0.2, 0.25) is 0 Å². The smallest absolute Gasteiger partial charge is 0.338 e. The molecule has 7 nitrogen and oxygen atoms in total. The molecule has 1 heterocycles. The van der Waals surface area contributed by atoms with Crippen molar-refractivity contribution in [1.82, 2.24) is 10.2 Å². The van der Waals surface area contributed by atoms with Crippen molar-refractivity contribution in [2.24, 2.45) is 0 Å². The minimum Gasteiger partial charge on any atom is -0.481 e. The zero-order chi connectivity index (χ0) is 26.9. The molecule has 2 amide bonds. The van der Waals surface area contributed by atoms with Crippen molar-refractivity contribution >= 4 is 18.0 Å². The van der Waals surface area contributed by atoms with Gasteiger partial charge in [-0.15, -0.1) is 0 Å². The third-order valence-corrected chi connectivity index (χ3v) is 7.65. The number of amides is 2. The molecule has 38 heavy (non-hydrogen) atoms. The van der Waals surface area contributed by atoms with E-state index in [1.165, 1.54) is 37.7 Å². The Morgan fingerprint density at radius 2 is 1.63 bits per heavy atom. The van der Waals surface area contributed by atoms with Crippen LogP contribution in [0, 0.1) is 0 Å². The Kier molecular flexibility index (Phi) is 9.57. The maximum absolute atomic E-state index is 13.5. The van der Waals surface area contributed by atoms with Gasteiger partial charge in [-0.25, -0.2) is 9.59 Å². The van der Waals surface area contributed by atoms with Gasteiger partial charge in [-0.2, -0.15) is 0 Å². The highest BCUT2D eigenvalue weighted by atomic mass is 16.5. The average Bonchev–Trinajstić information content (AvgIpc) is 2.94. The number of hydrogen-bond acceptors (Lipinski definition) is 4. The minimum absolute atomic E-state index is 0.108. The second-order valence-corrected chi connectivity index (χ2v) is 10.3. The SMILES string of the molecule is CC1=C(C(=O)OCc2ccccc2)C(c2ccc(C3CCCCC3)cc2)NC(=O)N1CCCCCC(=O)O. The summed E-state index contributed by atoms with van der Waals surface area (Å²) in [7, 11) is 0. The van der Waals surface area contributed by atoms with E-state index in [4.69, 9.17) is 9.84 Å². The van der Waals surface area contributed by atoms with E-state index < -0.39 is 18.0 Å². The van der Waals surface area contributed by atoms with E-state index in [0.29, 0.717) is 43.0 Å². The third-order valence-electron chi connectivity index (χ3n) is 7.65. The van der Waals surface area contributed by atoms with Gasteiger partial charge in [0, 0.05) is 18.7 Å². The molecule has 2 aromatic carbocycles. The number of aliphatic carboxylic acids is 1. The number of unbranched alkanes of at least 4 members (excludes halogenated alkanes) is 2. The molecule has 1 saturated carbocycles. The summed E-state index contributed by atoms with van der Waals surface area (Å²) in [4.78, 5) is 39.0. The maximum Gasteiger partial charge on any atom is 0.338 e. The highest BCUT2D eigenvalue weighted by Gasteiger charge is 2.36. The zero-order valence-corrected chi connectivity index (χ0v) is 22.2. The Balaban J connectivity index is 1.54. The highest BCUT2D eigenvalue weighted by Crippen LogP contribution is 2.35. The molecule has 1 atom stereocenters. The highest BCUT2D eigenvalue weighted by molar-refractivity contribution is 5.95. The predicted molar refractivity (Wildman–Crippen MR) is 145 cm³/mol. The molecule has 0 bridgehead atoms. The van der Waals surface area contributed by atoms with Gasteiger partial charge in [-0.05, 0) is 55.2 Å². The Hall–Kier alpha value is -3.61. The van der Waals surface area contributed by atoms with E-state index in [0.717, 1.165) is 11.1 Å². The quantitative estimate of drug-likeness (QED) is 0.263. The molecule has 202 valence electrons. The van der Waals surface area contributed by atoms with Gasteiger partial charge in [0.25, 0.3) is 0 Å². The number of benzene rings is 2. The molecule has 7 heteroatoms. The monoisotopic (exact) mass is 518 g/mol. The number of nitrogens with zero attached hydrogens (tertiary/aromatic N) is 1. The van der Waals surface area contributed by atoms with Crippen LogP contribution in [0.15, 0.2) is 65.9 Å². The summed E-state index contributed by atoms with van der Waals surface area (Å²) >= 11 is 0. The standard InChI is InChI=1S/C31H38N2O5/c1-22-28(30(36)38-21-23-11-5-2-6-12-23)29(32-31(37)33(22)20-10-4-9-15-27(34)35)26-18-16-25(17-19-26)24-13-7-3-8-14-24/h2,5-6,11-12,16-19,24,29H,3-4,7-10,13-15,20-21H2,1H3,(H,32,37)(H,34,35). The van der Waals surface area contributed by atoms with E-state index in [-0.39, 0.29) is 19.1 Å². The number of allylic oxidation sites excluding steroid dienone is 1. The second kappa shape index (κ2) is 13.3. The first-order valence-corrected chi connectivity index (χ1v) is 13.8. The third kappa shape index (κ3) is 7.03. The van der Waals surface area contributed by atoms with Gasteiger partial charge < -0.3 is 15.2 Å². The summed E-state index contributed by atoms with van der Waals surface area (Å²) < 4.78 is 5.72. The van der Waals surface area contributed by atoms with Crippen LogP contribution >= 0.6 is 0 Å². The van der Waals surface area contributed by atoms with E-state index in [1.54, 1.807) is 11.8 Å². The fourth-order valence-corrected chi connectivity index (χ4v) is 5.49. The van der Waals surface area contributed by atoms with Crippen LogP contribution in [0.1, 0.15) is 93.4 Å². The summed E-state index contributed by atoms with van der Waals surface area (Å²) in [5.74, 6) is -0.705. The van der Waals surface area contributed by atoms with Crippen LogP contribution < -0.4 is 5.32 Å². The molecular weight excluding hydrogens is 480 g/mol. The minimum atomic E-state index is -0.822. The van der Waals surface area contributed by atoms with Gasteiger partial charge >= 0.3 is 18.0 Å². The Labute approximate surface area is 224 Å². The zero-order valence-electron chi connectivity index (χ0n) is 22.2. The number of urea groups is 1. The molecular formula is C31H38N2O5. The van der Waals surface area contributed by atoms with Crippen molar-refractivity contribution in [2.75, 3.05) is 6.54 Å².